The van der Waals surface area contributed by atoms with Crippen molar-refractivity contribution in [2.24, 2.45) is 5.92 Å². The van der Waals surface area contributed by atoms with Crippen LogP contribution in [-0.4, -0.2) is 11.6 Å². The third kappa shape index (κ3) is 3.36. The van der Waals surface area contributed by atoms with Crippen LogP contribution in [0.25, 0.3) is 0 Å². The third-order valence-corrected chi connectivity index (χ3v) is 1.99. The second-order valence-electron chi connectivity index (χ2n) is 4.29. The van der Waals surface area contributed by atoms with E-state index in [-0.39, 0.29) is 0 Å². The largest absolute Gasteiger partial charge is 0.477 e. The van der Waals surface area contributed by atoms with E-state index in [1.165, 1.54) is 5.56 Å². The molecule has 0 aromatic carbocycles. The van der Waals surface area contributed by atoms with Crippen molar-refractivity contribution in [1.82, 2.24) is 4.98 Å². The monoisotopic (exact) mass is 193 g/mol. The molecule has 0 fully saturated rings. The van der Waals surface area contributed by atoms with Crippen LogP contribution >= 0.6 is 0 Å². The minimum Gasteiger partial charge on any atom is -0.477 e. The predicted molar refractivity (Wildman–Crippen MR) is 58.7 cm³/mol. The van der Waals surface area contributed by atoms with Gasteiger partial charge in [0.1, 0.15) is 0 Å². The fraction of sp³-hybridized carbons (Fsp3) is 0.583. The molecule has 0 unspecified atom stereocenters. The van der Waals surface area contributed by atoms with Crippen molar-refractivity contribution >= 4 is 0 Å². The van der Waals surface area contributed by atoms with Crippen molar-refractivity contribution in [2.45, 2.75) is 33.6 Å². The van der Waals surface area contributed by atoms with Crippen molar-refractivity contribution in [3.63, 3.8) is 0 Å². The fourth-order valence-corrected chi connectivity index (χ4v) is 1.07. The van der Waals surface area contributed by atoms with Crippen LogP contribution in [0.4, 0.5) is 0 Å². The molecule has 0 aliphatic carbocycles. The molecule has 0 amide bonds. The first-order valence-electron chi connectivity index (χ1n) is 5.18. The molecule has 1 aromatic rings. The molecule has 1 heterocycles. The van der Waals surface area contributed by atoms with E-state index in [9.17, 15) is 0 Å². The molecule has 2 nitrogen and oxygen atoms in total. The quantitative estimate of drug-likeness (QED) is 0.732. The Kier molecular flexibility index (Phi) is 3.93. The van der Waals surface area contributed by atoms with Gasteiger partial charge in [0, 0.05) is 12.3 Å². The molecule has 1 aromatic heterocycles. The summed E-state index contributed by atoms with van der Waals surface area (Å²) in [4.78, 5) is 4.25. The first kappa shape index (κ1) is 11.0. The topological polar surface area (TPSA) is 22.1 Å². The number of ether oxygens (including phenoxy) is 1. The summed E-state index contributed by atoms with van der Waals surface area (Å²) >= 11 is 0. The Morgan fingerprint density at radius 2 is 1.93 bits per heavy atom. The van der Waals surface area contributed by atoms with Crippen LogP contribution in [0.1, 0.15) is 39.2 Å². The van der Waals surface area contributed by atoms with E-state index >= 15 is 0 Å². The van der Waals surface area contributed by atoms with Crippen molar-refractivity contribution in [2.75, 3.05) is 6.61 Å². The number of hydrogen-bond donors (Lipinski definition) is 0. The summed E-state index contributed by atoms with van der Waals surface area (Å²) < 4.78 is 5.49. The molecular formula is C12H19NO. The molecule has 14 heavy (non-hydrogen) atoms. The van der Waals surface area contributed by atoms with Gasteiger partial charge in [-0.1, -0.05) is 33.8 Å². The van der Waals surface area contributed by atoms with Crippen molar-refractivity contribution in [1.29, 1.82) is 0 Å². The van der Waals surface area contributed by atoms with Crippen LogP contribution in [0, 0.1) is 5.92 Å². The van der Waals surface area contributed by atoms with Gasteiger partial charge in [0.15, 0.2) is 0 Å². The number of pyridine rings is 1. The molecule has 0 atom stereocenters. The molecule has 2 heteroatoms. The first-order valence-corrected chi connectivity index (χ1v) is 5.18. The fourth-order valence-electron chi connectivity index (χ4n) is 1.07. The van der Waals surface area contributed by atoms with E-state index in [1.54, 1.807) is 0 Å². The maximum atomic E-state index is 5.49. The highest BCUT2D eigenvalue weighted by Gasteiger charge is 2.01. The Balaban J connectivity index is 2.55. The van der Waals surface area contributed by atoms with E-state index in [0.29, 0.717) is 11.8 Å². The van der Waals surface area contributed by atoms with Gasteiger partial charge in [0.2, 0.25) is 5.88 Å². The molecule has 0 saturated heterocycles. The molecule has 0 saturated carbocycles. The minimum atomic E-state index is 0.529. The van der Waals surface area contributed by atoms with E-state index in [2.05, 4.69) is 38.7 Å². The van der Waals surface area contributed by atoms with Gasteiger partial charge in [-0.3, -0.25) is 0 Å². The molecular weight excluding hydrogens is 174 g/mol. The molecule has 0 radical (unpaired) electrons. The summed E-state index contributed by atoms with van der Waals surface area (Å²) in [6.45, 7) is 9.30. The molecule has 0 aliphatic heterocycles. The van der Waals surface area contributed by atoms with Crippen LogP contribution < -0.4 is 4.74 Å². The zero-order valence-electron chi connectivity index (χ0n) is 9.45. The molecule has 1 rings (SSSR count). The summed E-state index contributed by atoms with van der Waals surface area (Å²) in [5.41, 5.74) is 1.25. The second kappa shape index (κ2) is 4.99. The highest BCUT2D eigenvalue weighted by Crippen LogP contribution is 2.15. The van der Waals surface area contributed by atoms with Gasteiger partial charge in [-0.15, -0.1) is 0 Å². The van der Waals surface area contributed by atoms with Gasteiger partial charge in [-0.2, -0.15) is 0 Å². The Hall–Kier alpha value is -1.05. The highest BCUT2D eigenvalue weighted by atomic mass is 16.5. The lowest BCUT2D eigenvalue weighted by Gasteiger charge is -2.09. The van der Waals surface area contributed by atoms with Crippen molar-refractivity contribution < 1.29 is 4.74 Å². The van der Waals surface area contributed by atoms with Crippen molar-refractivity contribution in [3.8, 4) is 5.88 Å². The van der Waals surface area contributed by atoms with Gasteiger partial charge < -0.3 is 4.74 Å². The van der Waals surface area contributed by atoms with Gasteiger partial charge in [-0.25, -0.2) is 4.98 Å². The molecule has 0 spiro atoms. The maximum Gasteiger partial charge on any atom is 0.213 e. The van der Waals surface area contributed by atoms with Crippen LogP contribution in [0.3, 0.4) is 0 Å². The normalized spacial score (nSPS) is 11.0. The summed E-state index contributed by atoms with van der Waals surface area (Å²) in [6, 6.07) is 4.02. The Morgan fingerprint density at radius 1 is 1.21 bits per heavy atom. The van der Waals surface area contributed by atoms with Crippen LogP contribution in [0.5, 0.6) is 5.88 Å². The second-order valence-corrected chi connectivity index (χ2v) is 4.29. The maximum absolute atomic E-state index is 5.49. The SMILES string of the molecule is CC(C)COc1ccc(C(C)C)cn1. The third-order valence-electron chi connectivity index (χ3n) is 1.99. The summed E-state index contributed by atoms with van der Waals surface area (Å²) in [5.74, 6) is 1.80. The lowest BCUT2D eigenvalue weighted by atomic mass is 10.1. The number of aromatic nitrogens is 1. The van der Waals surface area contributed by atoms with Crippen LogP contribution in [0.15, 0.2) is 18.3 Å². The predicted octanol–water partition coefficient (Wildman–Crippen LogP) is 3.24. The van der Waals surface area contributed by atoms with E-state index < -0.39 is 0 Å². The van der Waals surface area contributed by atoms with E-state index in [4.69, 9.17) is 4.74 Å². The first-order chi connectivity index (χ1) is 6.59. The van der Waals surface area contributed by atoms with Crippen LogP contribution in [-0.2, 0) is 0 Å². The lowest BCUT2D eigenvalue weighted by molar-refractivity contribution is 0.261. The highest BCUT2D eigenvalue weighted by molar-refractivity contribution is 5.20. The van der Waals surface area contributed by atoms with E-state index in [1.807, 2.05) is 12.3 Å². The van der Waals surface area contributed by atoms with Gasteiger partial charge in [0.25, 0.3) is 0 Å². The molecule has 0 bridgehead atoms. The van der Waals surface area contributed by atoms with Crippen LogP contribution in [0.2, 0.25) is 0 Å². The average Bonchev–Trinajstić information content (AvgIpc) is 2.15. The number of rotatable bonds is 4. The zero-order valence-corrected chi connectivity index (χ0v) is 9.45. The smallest absolute Gasteiger partial charge is 0.213 e. The standard InChI is InChI=1S/C12H19NO/c1-9(2)8-14-12-6-5-11(7-13-12)10(3)4/h5-7,9-10H,8H2,1-4H3. The minimum absolute atomic E-state index is 0.529. The number of hydrogen-bond acceptors (Lipinski definition) is 2. The Morgan fingerprint density at radius 3 is 2.36 bits per heavy atom. The molecule has 78 valence electrons. The summed E-state index contributed by atoms with van der Waals surface area (Å²) in [6.07, 6.45) is 1.89. The zero-order chi connectivity index (χ0) is 10.6. The average molecular weight is 193 g/mol. The van der Waals surface area contributed by atoms with Gasteiger partial charge >= 0.3 is 0 Å². The molecule has 0 N–H and O–H groups in total. The number of nitrogens with zero attached hydrogens (tertiary/aromatic N) is 1. The summed E-state index contributed by atoms with van der Waals surface area (Å²) in [7, 11) is 0. The summed E-state index contributed by atoms with van der Waals surface area (Å²) in [5, 5.41) is 0. The van der Waals surface area contributed by atoms with Crippen molar-refractivity contribution in [3.05, 3.63) is 23.9 Å². The van der Waals surface area contributed by atoms with E-state index in [0.717, 1.165) is 12.5 Å². The lowest BCUT2D eigenvalue weighted by Crippen LogP contribution is -2.05. The van der Waals surface area contributed by atoms with Gasteiger partial charge in [0.05, 0.1) is 6.61 Å². The molecule has 0 aliphatic rings. The Bertz CT molecular complexity index is 264. The van der Waals surface area contributed by atoms with Gasteiger partial charge in [-0.05, 0) is 17.4 Å². The Labute approximate surface area is 86.3 Å².